The molecule has 1 heterocycles. The number of aromatic amines is 1. The summed E-state index contributed by atoms with van der Waals surface area (Å²) in [5.74, 6) is 0.170. The minimum absolute atomic E-state index is 0.0490. The number of H-pyrrole nitrogens is 1. The minimum Gasteiger partial charge on any atom is -0.315 e. The van der Waals surface area contributed by atoms with Gasteiger partial charge in [-0.05, 0) is 26.0 Å². The van der Waals surface area contributed by atoms with Crippen molar-refractivity contribution in [2.75, 3.05) is 17.7 Å². The lowest BCUT2D eigenvalue weighted by molar-refractivity contribution is -0.115. The average Bonchev–Trinajstić information content (AvgIpc) is 2.50. The van der Waals surface area contributed by atoms with Crippen LogP contribution in [0.5, 0.6) is 0 Å². The maximum atomic E-state index is 12.1. The molecule has 0 atom stereocenters. The number of para-hydroxylation sites is 1. The van der Waals surface area contributed by atoms with Gasteiger partial charge in [-0.3, -0.25) is 9.59 Å². The smallest absolute Gasteiger partial charge is 0.254 e. The van der Waals surface area contributed by atoms with E-state index in [1.54, 1.807) is 25.8 Å². The Kier molecular flexibility index (Phi) is 4.80. The van der Waals surface area contributed by atoms with Gasteiger partial charge in [0, 0.05) is 24.0 Å². The molecule has 5 nitrogen and oxygen atoms in total. The molecule has 0 aliphatic carbocycles. The Morgan fingerprint density at radius 1 is 1.29 bits per heavy atom. The lowest BCUT2D eigenvalue weighted by Crippen LogP contribution is -2.28. The lowest BCUT2D eigenvalue weighted by Gasteiger charge is -2.16. The lowest BCUT2D eigenvalue weighted by atomic mass is 10.3. The summed E-state index contributed by atoms with van der Waals surface area (Å²) in [5.41, 5.74) is 1.97. The fraction of sp³-hybridized carbons (Fsp3) is 0.267. The standard InChI is InChI=1S/C15H17N3O2S/c1-10-11(2)16-15(17-14(10)20)21-9-13(19)18(3)12-7-5-4-6-8-12/h4-8H,9H2,1-3H3,(H,16,17,20). The van der Waals surface area contributed by atoms with Crippen LogP contribution in [-0.4, -0.2) is 28.7 Å². The number of amides is 1. The monoisotopic (exact) mass is 303 g/mol. The van der Waals surface area contributed by atoms with Crippen molar-refractivity contribution in [1.82, 2.24) is 9.97 Å². The Labute approximate surface area is 127 Å². The van der Waals surface area contributed by atoms with Gasteiger partial charge in [-0.1, -0.05) is 30.0 Å². The van der Waals surface area contributed by atoms with Crippen LogP contribution in [-0.2, 0) is 4.79 Å². The van der Waals surface area contributed by atoms with Crippen LogP contribution >= 0.6 is 11.8 Å². The number of hydrogen-bond donors (Lipinski definition) is 1. The first kappa shape index (κ1) is 15.3. The van der Waals surface area contributed by atoms with Gasteiger partial charge in [0.25, 0.3) is 5.56 Å². The predicted octanol–water partition coefficient (Wildman–Crippen LogP) is 2.14. The summed E-state index contributed by atoms with van der Waals surface area (Å²) in [6, 6.07) is 9.42. The van der Waals surface area contributed by atoms with E-state index >= 15 is 0 Å². The van der Waals surface area contributed by atoms with Gasteiger partial charge in [-0.25, -0.2) is 4.98 Å². The molecule has 0 saturated carbocycles. The van der Waals surface area contributed by atoms with Gasteiger partial charge in [0.2, 0.25) is 5.91 Å². The third-order valence-electron chi connectivity index (χ3n) is 3.22. The zero-order chi connectivity index (χ0) is 15.4. The number of anilines is 1. The molecule has 0 aliphatic heterocycles. The first-order valence-corrected chi connectivity index (χ1v) is 7.49. The number of hydrogen-bond acceptors (Lipinski definition) is 4. The molecule has 0 radical (unpaired) electrons. The Bertz CT molecular complexity index is 698. The van der Waals surface area contributed by atoms with Crippen LogP contribution in [0.25, 0.3) is 0 Å². The van der Waals surface area contributed by atoms with Gasteiger partial charge in [0.05, 0.1) is 5.75 Å². The highest BCUT2D eigenvalue weighted by Gasteiger charge is 2.12. The third-order valence-corrected chi connectivity index (χ3v) is 4.08. The molecular weight excluding hydrogens is 286 g/mol. The zero-order valence-corrected chi connectivity index (χ0v) is 13.0. The van der Waals surface area contributed by atoms with Gasteiger partial charge in [0.1, 0.15) is 0 Å². The number of benzene rings is 1. The summed E-state index contributed by atoms with van der Waals surface area (Å²) in [4.78, 5) is 32.3. The molecule has 0 spiro atoms. The molecule has 1 N–H and O–H groups in total. The van der Waals surface area contributed by atoms with E-state index in [0.717, 1.165) is 5.69 Å². The Morgan fingerprint density at radius 2 is 1.95 bits per heavy atom. The Balaban J connectivity index is 2.03. The minimum atomic E-state index is -0.158. The molecule has 1 amide bonds. The van der Waals surface area contributed by atoms with Gasteiger partial charge < -0.3 is 9.88 Å². The van der Waals surface area contributed by atoms with Crippen molar-refractivity contribution in [2.24, 2.45) is 0 Å². The number of aromatic nitrogens is 2. The maximum Gasteiger partial charge on any atom is 0.254 e. The number of nitrogens with zero attached hydrogens (tertiary/aromatic N) is 2. The molecule has 1 aromatic heterocycles. The van der Waals surface area contributed by atoms with Crippen LogP contribution in [0.3, 0.4) is 0 Å². The van der Waals surface area contributed by atoms with Crippen molar-refractivity contribution in [3.8, 4) is 0 Å². The summed E-state index contributed by atoms with van der Waals surface area (Å²) < 4.78 is 0. The van der Waals surface area contributed by atoms with Crippen LogP contribution < -0.4 is 10.5 Å². The van der Waals surface area contributed by atoms with Crippen LogP contribution in [0.15, 0.2) is 40.3 Å². The molecule has 0 aliphatic rings. The second kappa shape index (κ2) is 6.58. The van der Waals surface area contributed by atoms with Crippen molar-refractivity contribution in [1.29, 1.82) is 0 Å². The average molecular weight is 303 g/mol. The number of aryl methyl sites for hydroxylation is 1. The first-order valence-electron chi connectivity index (χ1n) is 6.51. The molecule has 21 heavy (non-hydrogen) atoms. The van der Waals surface area contributed by atoms with Gasteiger partial charge in [-0.15, -0.1) is 0 Å². The van der Waals surface area contributed by atoms with Crippen LogP contribution in [0.2, 0.25) is 0 Å². The van der Waals surface area contributed by atoms with E-state index in [1.807, 2.05) is 30.3 Å². The van der Waals surface area contributed by atoms with E-state index in [1.165, 1.54) is 11.8 Å². The van der Waals surface area contributed by atoms with Gasteiger partial charge >= 0.3 is 0 Å². The fourth-order valence-electron chi connectivity index (χ4n) is 1.71. The predicted molar refractivity (Wildman–Crippen MR) is 84.9 cm³/mol. The van der Waals surface area contributed by atoms with E-state index < -0.39 is 0 Å². The molecule has 2 rings (SSSR count). The van der Waals surface area contributed by atoms with E-state index in [-0.39, 0.29) is 17.2 Å². The summed E-state index contributed by atoms with van der Waals surface area (Å²) in [7, 11) is 1.73. The van der Waals surface area contributed by atoms with Gasteiger partial charge in [-0.2, -0.15) is 0 Å². The number of carbonyl (C=O) groups is 1. The van der Waals surface area contributed by atoms with Crippen LogP contribution in [0, 0.1) is 13.8 Å². The van der Waals surface area contributed by atoms with E-state index in [9.17, 15) is 9.59 Å². The van der Waals surface area contributed by atoms with Crippen molar-refractivity contribution in [3.63, 3.8) is 0 Å². The van der Waals surface area contributed by atoms with Crippen molar-refractivity contribution < 1.29 is 4.79 Å². The summed E-state index contributed by atoms with van der Waals surface area (Å²) in [5, 5.41) is 0.470. The van der Waals surface area contributed by atoms with Crippen molar-refractivity contribution in [2.45, 2.75) is 19.0 Å². The van der Waals surface area contributed by atoms with E-state index in [0.29, 0.717) is 16.4 Å². The highest BCUT2D eigenvalue weighted by Crippen LogP contribution is 2.16. The number of carbonyl (C=O) groups excluding carboxylic acids is 1. The highest BCUT2D eigenvalue weighted by molar-refractivity contribution is 7.99. The molecular formula is C15H17N3O2S. The molecule has 110 valence electrons. The normalized spacial score (nSPS) is 10.4. The van der Waals surface area contributed by atoms with Gasteiger partial charge in [0.15, 0.2) is 5.16 Å². The molecule has 0 saturated heterocycles. The van der Waals surface area contributed by atoms with E-state index in [2.05, 4.69) is 9.97 Å². The number of thioether (sulfide) groups is 1. The zero-order valence-electron chi connectivity index (χ0n) is 12.2. The molecule has 0 bridgehead atoms. The molecule has 1 aromatic carbocycles. The van der Waals surface area contributed by atoms with E-state index in [4.69, 9.17) is 0 Å². The second-order valence-corrected chi connectivity index (χ2v) is 5.62. The first-order chi connectivity index (χ1) is 9.99. The maximum absolute atomic E-state index is 12.1. The summed E-state index contributed by atoms with van der Waals surface area (Å²) in [6.45, 7) is 3.51. The van der Waals surface area contributed by atoms with Crippen LogP contribution in [0.4, 0.5) is 5.69 Å². The second-order valence-electron chi connectivity index (χ2n) is 4.66. The number of nitrogens with one attached hydrogen (secondary N) is 1. The topological polar surface area (TPSA) is 66.1 Å². The largest absolute Gasteiger partial charge is 0.315 e. The Morgan fingerprint density at radius 3 is 2.57 bits per heavy atom. The van der Waals surface area contributed by atoms with Crippen molar-refractivity contribution >= 4 is 23.4 Å². The Hall–Kier alpha value is -2.08. The summed E-state index contributed by atoms with van der Waals surface area (Å²) in [6.07, 6.45) is 0. The van der Waals surface area contributed by atoms with Crippen LogP contribution in [0.1, 0.15) is 11.3 Å². The quantitative estimate of drug-likeness (QED) is 0.694. The number of rotatable bonds is 4. The molecule has 6 heteroatoms. The summed E-state index contributed by atoms with van der Waals surface area (Å²) >= 11 is 1.23. The van der Waals surface area contributed by atoms with Crippen molar-refractivity contribution in [3.05, 3.63) is 51.9 Å². The SMILES string of the molecule is Cc1nc(SCC(=O)N(C)c2ccccc2)[nH]c(=O)c1C. The molecule has 0 fully saturated rings. The fourth-order valence-corrected chi connectivity index (χ4v) is 2.53. The molecule has 0 unspecified atom stereocenters. The molecule has 2 aromatic rings. The third kappa shape index (κ3) is 3.72. The highest BCUT2D eigenvalue weighted by atomic mass is 32.2.